The Hall–Kier alpha value is -2.85. The molecule has 2 aromatic heterocycles. The van der Waals surface area contributed by atoms with Gasteiger partial charge in [-0.15, -0.1) is 0 Å². The molecule has 5 rings (SSSR count). The molecule has 4 atom stereocenters. The number of halogens is 1. The van der Waals surface area contributed by atoms with Gasteiger partial charge in [0.1, 0.15) is 0 Å². The van der Waals surface area contributed by atoms with Gasteiger partial charge in [0.15, 0.2) is 0 Å². The summed E-state index contributed by atoms with van der Waals surface area (Å²) in [5, 5.41) is 10.7. The molecule has 2 heterocycles. The number of pyridine rings is 2. The standard InChI is InChI=1S/C26H27ClN4/c1-16-14-25(31-23-10-12-29-26-15-18(27)7-8-20(23)26)17(2)13-24(16)30-22-9-11-28-21-6-4-3-5-19(21)22/h3-12,15-17,24-25H,13-14H2,1-2H3,(H,28,30)(H,29,31)/t16-,17-,24+,25+/m1/s1. The Kier molecular flexibility index (Phi) is 5.41. The van der Waals surface area contributed by atoms with Gasteiger partial charge in [0.25, 0.3) is 0 Å². The van der Waals surface area contributed by atoms with Crippen LogP contribution in [-0.2, 0) is 0 Å². The van der Waals surface area contributed by atoms with Crippen molar-refractivity contribution in [3.63, 3.8) is 0 Å². The van der Waals surface area contributed by atoms with Crippen molar-refractivity contribution in [2.45, 2.75) is 38.8 Å². The molecule has 2 N–H and O–H groups in total. The zero-order valence-electron chi connectivity index (χ0n) is 17.8. The highest BCUT2D eigenvalue weighted by atomic mass is 35.5. The maximum Gasteiger partial charge on any atom is 0.0737 e. The highest BCUT2D eigenvalue weighted by Crippen LogP contribution is 2.35. The zero-order valence-corrected chi connectivity index (χ0v) is 18.6. The summed E-state index contributed by atoms with van der Waals surface area (Å²) >= 11 is 6.15. The largest absolute Gasteiger partial charge is 0.381 e. The van der Waals surface area contributed by atoms with E-state index in [0.717, 1.165) is 34.9 Å². The first kappa shape index (κ1) is 20.1. The van der Waals surface area contributed by atoms with Gasteiger partial charge in [0.05, 0.1) is 11.0 Å². The summed E-state index contributed by atoms with van der Waals surface area (Å²) in [5.41, 5.74) is 4.28. The van der Waals surface area contributed by atoms with Crippen molar-refractivity contribution < 1.29 is 0 Å². The van der Waals surface area contributed by atoms with Crippen LogP contribution in [0, 0.1) is 11.8 Å². The maximum atomic E-state index is 6.15. The van der Waals surface area contributed by atoms with Gasteiger partial charge >= 0.3 is 0 Å². The lowest BCUT2D eigenvalue weighted by Gasteiger charge is -2.40. The number of anilines is 2. The van der Waals surface area contributed by atoms with Gasteiger partial charge in [-0.1, -0.05) is 43.6 Å². The van der Waals surface area contributed by atoms with E-state index in [0.29, 0.717) is 28.9 Å². The molecule has 5 heteroatoms. The minimum absolute atomic E-state index is 0.420. The van der Waals surface area contributed by atoms with Crippen molar-refractivity contribution in [2.24, 2.45) is 11.8 Å². The van der Waals surface area contributed by atoms with Gasteiger partial charge < -0.3 is 10.6 Å². The Morgan fingerprint density at radius 2 is 1.32 bits per heavy atom. The summed E-state index contributed by atoms with van der Waals surface area (Å²) in [6, 6.07) is 19.3. The van der Waals surface area contributed by atoms with E-state index in [-0.39, 0.29) is 0 Å². The lowest BCUT2D eigenvalue weighted by molar-refractivity contribution is 0.257. The zero-order chi connectivity index (χ0) is 21.4. The number of benzene rings is 2. The molecule has 4 aromatic rings. The first-order valence-corrected chi connectivity index (χ1v) is 11.4. The fourth-order valence-electron chi connectivity index (χ4n) is 4.86. The first-order chi connectivity index (χ1) is 15.1. The molecule has 0 spiro atoms. The van der Waals surface area contributed by atoms with Crippen LogP contribution in [0.5, 0.6) is 0 Å². The number of hydrogen-bond donors (Lipinski definition) is 2. The van der Waals surface area contributed by atoms with Crippen LogP contribution in [0.3, 0.4) is 0 Å². The topological polar surface area (TPSA) is 49.8 Å². The van der Waals surface area contributed by atoms with E-state index in [9.17, 15) is 0 Å². The highest BCUT2D eigenvalue weighted by Gasteiger charge is 2.33. The number of rotatable bonds is 4. The summed E-state index contributed by atoms with van der Waals surface area (Å²) < 4.78 is 0. The van der Waals surface area contributed by atoms with Crippen molar-refractivity contribution in [1.29, 1.82) is 0 Å². The van der Waals surface area contributed by atoms with Crippen LogP contribution in [0.2, 0.25) is 5.02 Å². The molecule has 31 heavy (non-hydrogen) atoms. The minimum atomic E-state index is 0.420. The van der Waals surface area contributed by atoms with E-state index >= 15 is 0 Å². The molecule has 1 aliphatic carbocycles. The van der Waals surface area contributed by atoms with Gasteiger partial charge in [0.2, 0.25) is 0 Å². The quantitative estimate of drug-likeness (QED) is 0.375. The van der Waals surface area contributed by atoms with Crippen LogP contribution >= 0.6 is 11.6 Å². The summed E-state index contributed by atoms with van der Waals surface area (Å²) in [4.78, 5) is 8.97. The molecule has 0 aliphatic heterocycles. The van der Waals surface area contributed by atoms with Gasteiger partial charge in [-0.25, -0.2) is 0 Å². The average molecular weight is 431 g/mol. The predicted octanol–water partition coefficient (Wildman–Crippen LogP) is 6.76. The molecule has 1 aliphatic rings. The molecule has 1 fully saturated rings. The third kappa shape index (κ3) is 4.05. The second-order valence-electron chi connectivity index (χ2n) is 8.82. The fraction of sp³-hybridized carbons (Fsp3) is 0.308. The molecule has 0 amide bonds. The summed E-state index contributed by atoms with van der Waals surface area (Å²) in [6.07, 6.45) is 5.98. The van der Waals surface area contributed by atoms with Crippen LogP contribution < -0.4 is 10.6 Å². The molecule has 0 radical (unpaired) electrons. The Bertz CT molecular complexity index is 1220. The molecular weight excluding hydrogens is 404 g/mol. The summed E-state index contributed by atoms with van der Waals surface area (Å²) in [6.45, 7) is 4.70. The Morgan fingerprint density at radius 3 is 2.00 bits per heavy atom. The highest BCUT2D eigenvalue weighted by molar-refractivity contribution is 6.31. The Balaban J connectivity index is 1.33. The van der Waals surface area contributed by atoms with Crippen LogP contribution in [0.4, 0.5) is 11.4 Å². The molecule has 1 saturated carbocycles. The normalized spacial score (nSPS) is 23.7. The minimum Gasteiger partial charge on any atom is -0.381 e. The van der Waals surface area contributed by atoms with E-state index in [1.165, 1.54) is 11.1 Å². The summed E-state index contributed by atoms with van der Waals surface area (Å²) in [5.74, 6) is 1.08. The third-order valence-corrected chi connectivity index (χ3v) is 6.90. The third-order valence-electron chi connectivity index (χ3n) is 6.66. The second-order valence-corrected chi connectivity index (χ2v) is 9.26. The van der Waals surface area contributed by atoms with Crippen LogP contribution in [0.15, 0.2) is 67.0 Å². The molecule has 2 aromatic carbocycles. The van der Waals surface area contributed by atoms with E-state index in [2.05, 4.69) is 70.8 Å². The van der Waals surface area contributed by atoms with Crippen molar-refractivity contribution in [1.82, 2.24) is 9.97 Å². The lowest BCUT2D eigenvalue weighted by Crippen LogP contribution is -2.43. The van der Waals surface area contributed by atoms with Gasteiger partial charge in [0, 0.05) is 51.6 Å². The Morgan fingerprint density at radius 1 is 0.742 bits per heavy atom. The van der Waals surface area contributed by atoms with E-state index < -0.39 is 0 Å². The van der Waals surface area contributed by atoms with Crippen molar-refractivity contribution in [3.05, 3.63) is 72.0 Å². The SMILES string of the molecule is C[C@@H]1C[C@H](Nc2ccnc3cc(Cl)ccc23)[C@H](C)C[C@@H]1Nc1ccnc2ccccc12. The van der Waals surface area contributed by atoms with Crippen molar-refractivity contribution >= 4 is 44.8 Å². The Labute approximate surface area is 188 Å². The van der Waals surface area contributed by atoms with Crippen LogP contribution in [0.1, 0.15) is 26.7 Å². The number of nitrogens with one attached hydrogen (secondary N) is 2. The van der Waals surface area contributed by atoms with Gasteiger partial charge in [-0.05, 0) is 61.1 Å². The molecule has 0 saturated heterocycles. The average Bonchev–Trinajstić information content (AvgIpc) is 2.77. The van der Waals surface area contributed by atoms with Crippen molar-refractivity contribution in [3.8, 4) is 0 Å². The molecule has 0 unspecified atom stereocenters. The van der Waals surface area contributed by atoms with Crippen LogP contribution in [-0.4, -0.2) is 22.1 Å². The molecular formula is C26H27ClN4. The number of para-hydroxylation sites is 1. The molecule has 158 valence electrons. The lowest BCUT2D eigenvalue weighted by atomic mass is 9.76. The summed E-state index contributed by atoms with van der Waals surface area (Å²) in [7, 11) is 0. The van der Waals surface area contributed by atoms with Crippen molar-refractivity contribution in [2.75, 3.05) is 10.6 Å². The maximum absolute atomic E-state index is 6.15. The first-order valence-electron chi connectivity index (χ1n) is 11.0. The number of hydrogen-bond acceptors (Lipinski definition) is 4. The van der Waals surface area contributed by atoms with E-state index in [4.69, 9.17) is 11.6 Å². The monoisotopic (exact) mass is 430 g/mol. The predicted molar refractivity (Wildman–Crippen MR) is 131 cm³/mol. The van der Waals surface area contributed by atoms with E-state index in [1.807, 2.05) is 30.6 Å². The molecule has 0 bridgehead atoms. The van der Waals surface area contributed by atoms with E-state index in [1.54, 1.807) is 0 Å². The number of fused-ring (bicyclic) bond motifs is 2. The number of aromatic nitrogens is 2. The van der Waals surface area contributed by atoms with Crippen LogP contribution in [0.25, 0.3) is 21.8 Å². The molecule has 4 nitrogen and oxygen atoms in total. The van der Waals surface area contributed by atoms with Gasteiger partial charge in [-0.2, -0.15) is 0 Å². The smallest absolute Gasteiger partial charge is 0.0737 e. The number of nitrogens with zero attached hydrogens (tertiary/aromatic N) is 2. The fourth-order valence-corrected chi connectivity index (χ4v) is 5.03. The second kappa shape index (κ2) is 8.35. The van der Waals surface area contributed by atoms with Gasteiger partial charge in [-0.3, -0.25) is 9.97 Å².